The van der Waals surface area contributed by atoms with Gasteiger partial charge in [0.15, 0.2) is 0 Å². The Morgan fingerprint density at radius 3 is 2.27 bits per heavy atom. The molecule has 2 amide bonds. The molecule has 3 aromatic rings. The van der Waals surface area contributed by atoms with Crippen molar-refractivity contribution in [2.24, 2.45) is 0 Å². The van der Waals surface area contributed by atoms with Gasteiger partial charge in [0.25, 0.3) is 5.91 Å². The summed E-state index contributed by atoms with van der Waals surface area (Å²) in [6.07, 6.45) is 2.64. The van der Waals surface area contributed by atoms with Gasteiger partial charge in [-0.25, -0.2) is 9.48 Å². The summed E-state index contributed by atoms with van der Waals surface area (Å²) in [5.41, 5.74) is 2.14. The molecule has 0 bridgehead atoms. The van der Waals surface area contributed by atoms with Gasteiger partial charge in [0.05, 0.1) is 43.0 Å². The van der Waals surface area contributed by atoms with Crippen molar-refractivity contribution in [1.82, 2.24) is 14.7 Å². The van der Waals surface area contributed by atoms with E-state index < -0.39 is 5.60 Å². The van der Waals surface area contributed by atoms with Crippen LogP contribution < -0.4 is 14.8 Å². The van der Waals surface area contributed by atoms with Crippen molar-refractivity contribution in [3.63, 3.8) is 0 Å². The zero-order valence-corrected chi connectivity index (χ0v) is 22.0. The highest BCUT2D eigenvalue weighted by atomic mass is 16.6. The minimum absolute atomic E-state index is 0.0155. The van der Waals surface area contributed by atoms with Crippen molar-refractivity contribution >= 4 is 17.7 Å². The summed E-state index contributed by atoms with van der Waals surface area (Å²) in [6, 6.07) is 14.8. The Balaban J connectivity index is 1.63. The number of carbonyl (C=O) groups is 2. The third-order valence-electron chi connectivity index (χ3n) is 6.26. The molecular formula is C28H34N4O5. The number of carbonyl (C=O) groups excluding carboxylic acids is 2. The van der Waals surface area contributed by atoms with E-state index >= 15 is 0 Å². The van der Waals surface area contributed by atoms with Gasteiger partial charge in [-0.05, 0) is 70.0 Å². The number of hydrogen-bond donors (Lipinski definition) is 1. The molecule has 1 aliphatic rings. The van der Waals surface area contributed by atoms with E-state index in [1.165, 1.54) is 0 Å². The average molecular weight is 507 g/mol. The van der Waals surface area contributed by atoms with Crippen molar-refractivity contribution in [3.8, 4) is 17.2 Å². The van der Waals surface area contributed by atoms with Crippen molar-refractivity contribution in [2.75, 3.05) is 32.6 Å². The number of rotatable bonds is 6. The minimum atomic E-state index is -0.551. The number of amides is 2. The number of para-hydroxylation sites is 2. The maximum atomic E-state index is 13.5. The van der Waals surface area contributed by atoms with Crippen molar-refractivity contribution in [3.05, 3.63) is 66.0 Å². The highest BCUT2D eigenvalue weighted by molar-refractivity contribution is 6.06. The summed E-state index contributed by atoms with van der Waals surface area (Å²) in [6.45, 7) is 6.63. The van der Waals surface area contributed by atoms with E-state index in [9.17, 15) is 9.59 Å². The second-order valence-corrected chi connectivity index (χ2v) is 9.95. The van der Waals surface area contributed by atoms with Gasteiger partial charge in [-0.2, -0.15) is 5.10 Å². The van der Waals surface area contributed by atoms with Gasteiger partial charge in [0.2, 0.25) is 0 Å². The van der Waals surface area contributed by atoms with Crippen LogP contribution in [0, 0.1) is 0 Å². The summed E-state index contributed by atoms with van der Waals surface area (Å²) < 4.78 is 18.1. The molecular weight excluding hydrogens is 472 g/mol. The Bertz CT molecular complexity index is 1240. The normalized spacial score (nSPS) is 14.2. The van der Waals surface area contributed by atoms with Crippen LogP contribution in [0.3, 0.4) is 0 Å². The smallest absolute Gasteiger partial charge is 0.410 e. The van der Waals surface area contributed by atoms with E-state index in [1.54, 1.807) is 37.4 Å². The van der Waals surface area contributed by atoms with Gasteiger partial charge in [-0.15, -0.1) is 0 Å². The number of nitrogens with zero attached hydrogens (tertiary/aromatic N) is 3. The highest BCUT2D eigenvalue weighted by Crippen LogP contribution is 2.34. The maximum absolute atomic E-state index is 13.5. The molecule has 1 N–H and O–H groups in total. The minimum Gasteiger partial charge on any atom is -0.497 e. The molecule has 196 valence electrons. The van der Waals surface area contributed by atoms with Gasteiger partial charge in [0, 0.05) is 19.0 Å². The number of methoxy groups -OCH3 is 2. The first-order valence-electron chi connectivity index (χ1n) is 12.3. The Morgan fingerprint density at radius 2 is 1.65 bits per heavy atom. The van der Waals surface area contributed by atoms with Gasteiger partial charge >= 0.3 is 6.09 Å². The summed E-state index contributed by atoms with van der Waals surface area (Å²) in [4.78, 5) is 27.8. The number of ether oxygens (including phenoxy) is 3. The Morgan fingerprint density at radius 1 is 0.973 bits per heavy atom. The number of benzene rings is 2. The number of aromatic nitrogens is 2. The van der Waals surface area contributed by atoms with Gasteiger partial charge in [0.1, 0.15) is 17.1 Å². The van der Waals surface area contributed by atoms with Crippen LogP contribution in [0.4, 0.5) is 10.5 Å². The van der Waals surface area contributed by atoms with E-state index in [1.807, 2.05) is 61.9 Å². The number of hydrogen-bond acceptors (Lipinski definition) is 6. The van der Waals surface area contributed by atoms with E-state index in [2.05, 4.69) is 10.4 Å². The van der Waals surface area contributed by atoms with Crippen molar-refractivity contribution < 1.29 is 23.8 Å². The van der Waals surface area contributed by atoms with E-state index in [-0.39, 0.29) is 17.9 Å². The van der Waals surface area contributed by atoms with Crippen LogP contribution in [-0.2, 0) is 4.74 Å². The van der Waals surface area contributed by atoms with Crippen LogP contribution in [-0.4, -0.2) is 59.6 Å². The molecule has 0 radical (unpaired) electrons. The predicted molar refractivity (Wildman–Crippen MR) is 141 cm³/mol. The first-order chi connectivity index (χ1) is 17.7. The Hall–Kier alpha value is -4.01. The molecule has 9 nitrogen and oxygen atoms in total. The second kappa shape index (κ2) is 10.9. The Labute approximate surface area is 217 Å². The summed E-state index contributed by atoms with van der Waals surface area (Å²) >= 11 is 0. The fourth-order valence-electron chi connectivity index (χ4n) is 4.45. The number of nitrogens with one attached hydrogen (secondary N) is 1. The molecule has 1 fully saturated rings. The molecule has 9 heteroatoms. The van der Waals surface area contributed by atoms with Gasteiger partial charge < -0.3 is 24.4 Å². The molecule has 0 unspecified atom stereocenters. The standard InChI is InChI=1S/C28H34N4O5/c1-28(2,3)37-27(34)31-16-14-19(15-17-31)25-22(26(33)30-23-8-6-7-9-24(23)36-5)18-29-32(25)20-10-12-21(35-4)13-11-20/h6-13,18-19H,14-17H2,1-5H3,(H,30,33). The van der Waals surface area contributed by atoms with Gasteiger partial charge in [-0.1, -0.05) is 12.1 Å². The molecule has 0 saturated carbocycles. The molecule has 4 rings (SSSR count). The molecule has 37 heavy (non-hydrogen) atoms. The molecule has 0 aliphatic carbocycles. The number of piperidine rings is 1. The van der Waals surface area contributed by atoms with Crippen LogP contribution in [0.15, 0.2) is 54.7 Å². The van der Waals surface area contributed by atoms with Gasteiger partial charge in [-0.3, -0.25) is 4.79 Å². The highest BCUT2D eigenvalue weighted by Gasteiger charge is 2.32. The molecule has 1 aliphatic heterocycles. The largest absolute Gasteiger partial charge is 0.497 e. The monoisotopic (exact) mass is 506 g/mol. The molecule has 0 atom stereocenters. The lowest BCUT2D eigenvalue weighted by molar-refractivity contribution is 0.0203. The predicted octanol–water partition coefficient (Wildman–Crippen LogP) is 5.26. The lowest BCUT2D eigenvalue weighted by Gasteiger charge is -2.34. The Kier molecular flexibility index (Phi) is 7.71. The lowest BCUT2D eigenvalue weighted by atomic mass is 9.90. The summed E-state index contributed by atoms with van der Waals surface area (Å²) in [5.74, 6) is 1.05. The lowest BCUT2D eigenvalue weighted by Crippen LogP contribution is -2.41. The summed E-state index contributed by atoms with van der Waals surface area (Å²) in [7, 11) is 3.18. The van der Waals surface area contributed by atoms with Crippen LogP contribution in [0.2, 0.25) is 0 Å². The summed E-state index contributed by atoms with van der Waals surface area (Å²) in [5, 5.41) is 7.57. The number of likely N-dealkylation sites (tertiary alicyclic amines) is 1. The fraction of sp³-hybridized carbons (Fsp3) is 0.393. The van der Waals surface area contributed by atoms with Crippen molar-refractivity contribution in [2.45, 2.75) is 45.1 Å². The molecule has 2 aromatic carbocycles. The quantitative estimate of drug-likeness (QED) is 0.490. The van der Waals surface area contributed by atoms with Crippen LogP contribution in [0.5, 0.6) is 11.5 Å². The van der Waals surface area contributed by atoms with Crippen LogP contribution in [0.1, 0.15) is 55.6 Å². The third kappa shape index (κ3) is 6.04. The maximum Gasteiger partial charge on any atom is 0.410 e. The molecule has 0 spiro atoms. The average Bonchev–Trinajstić information content (AvgIpc) is 3.33. The first kappa shape index (κ1) is 26.1. The fourth-order valence-corrected chi connectivity index (χ4v) is 4.45. The first-order valence-corrected chi connectivity index (χ1v) is 12.3. The third-order valence-corrected chi connectivity index (χ3v) is 6.26. The number of anilines is 1. The topological polar surface area (TPSA) is 94.9 Å². The van der Waals surface area contributed by atoms with E-state index in [0.717, 1.165) is 17.1 Å². The van der Waals surface area contributed by atoms with Crippen LogP contribution >= 0.6 is 0 Å². The SMILES string of the molecule is COc1ccc(-n2ncc(C(=O)Nc3ccccc3OC)c2C2CCN(C(=O)OC(C)(C)C)CC2)cc1. The molecule has 1 aromatic heterocycles. The second-order valence-electron chi connectivity index (χ2n) is 9.95. The molecule has 2 heterocycles. The molecule has 1 saturated heterocycles. The zero-order chi connectivity index (χ0) is 26.6. The van der Waals surface area contributed by atoms with Crippen molar-refractivity contribution in [1.29, 1.82) is 0 Å². The van der Waals surface area contributed by atoms with E-state index in [4.69, 9.17) is 14.2 Å². The van der Waals surface area contributed by atoms with E-state index in [0.29, 0.717) is 42.9 Å². The zero-order valence-electron chi connectivity index (χ0n) is 22.0. The van der Waals surface area contributed by atoms with Crippen LogP contribution in [0.25, 0.3) is 5.69 Å².